The van der Waals surface area contributed by atoms with Crippen LogP contribution in [0.15, 0.2) is 24.3 Å². The van der Waals surface area contributed by atoms with E-state index in [1.54, 1.807) is 0 Å². The quantitative estimate of drug-likeness (QED) is 0.573. The van der Waals surface area contributed by atoms with Crippen molar-refractivity contribution in [2.75, 3.05) is 6.79 Å². The average molecular weight is 319 g/mol. The minimum absolute atomic E-state index is 0.345. The maximum atomic E-state index is 6.11. The molecule has 23 heavy (non-hydrogen) atoms. The lowest BCUT2D eigenvalue weighted by molar-refractivity contribution is -0.0917. The predicted octanol–water partition coefficient (Wildman–Crippen LogP) is 6.01. The van der Waals surface area contributed by atoms with Crippen LogP contribution in [0, 0.1) is 17.8 Å². The maximum Gasteiger partial charge on any atom is 0.189 e. The third-order valence-corrected chi connectivity index (χ3v) is 5.53. The molecule has 0 heterocycles. The molecule has 1 aliphatic rings. The largest absolute Gasteiger partial charge is 0.468 e. The van der Waals surface area contributed by atoms with Crippen LogP contribution in [0.3, 0.4) is 0 Å². The van der Waals surface area contributed by atoms with Crippen LogP contribution in [0.1, 0.15) is 71.8 Å². The summed E-state index contributed by atoms with van der Waals surface area (Å²) >= 11 is 0. The molecular formula is C21H34O2. The first-order valence-corrected chi connectivity index (χ1v) is 9.35. The molecule has 1 aromatic carbocycles. The summed E-state index contributed by atoms with van der Waals surface area (Å²) in [5.41, 5.74) is 1.38. The molecule has 130 valence electrons. The fourth-order valence-electron chi connectivity index (χ4n) is 3.62. The van der Waals surface area contributed by atoms with Crippen molar-refractivity contribution in [1.82, 2.24) is 0 Å². The second-order valence-electron chi connectivity index (χ2n) is 7.67. The molecule has 2 rings (SSSR count). The second-order valence-corrected chi connectivity index (χ2v) is 7.67. The Morgan fingerprint density at radius 2 is 1.78 bits per heavy atom. The van der Waals surface area contributed by atoms with Crippen molar-refractivity contribution in [2.45, 2.75) is 72.3 Å². The van der Waals surface area contributed by atoms with Crippen LogP contribution < -0.4 is 4.74 Å². The van der Waals surface area contributed by atoms with Crippen LogP contribution in [-0.4, -0.2) is 12.9 Å². The minimum Gasteiger partial charge on any atom is -0.468 e. The van der Waals surface area contributed by atoms with Crippen molar-refractivity contribution in [1.29, 1.82) is 0 Å². The van der Waals surface area contributed by atoms with E-state index in [4.69, 9.17) is 9.47 Å². The molecule has 0 amide bonds. The third-order valence-electron chi connectivity index (χ3n) is 5.53. The summed E-state index contributed by atoms with van der Waals surface area (Å²) in [7, 11) is 0. The predicted molar refractivity (Wildman–Crippen MR) is 96.9 cm³/mol. The van der Waals surface area contributed by atoms with E-state index in [1.165, 1.54) is 31.2 Å². The highest BCUT2D eigenvalue weighted by atomic mass is 16.7. The van der Waals surface area contributed by atoms with E-state index in [2.05, 4.69) is 58.9 Å². The zero-order valence-electron chi connectivity index (χ0n) is 15.5. The fourth-order valence-corrected chi connectivity index (χ4v) is 3.62. The Morgan fingerprint density at radius 1 is 1.09 bits per heavy atom. The van der Waals surface area contributed by atoms with Gasteiger partial charge in [-0.05, 0) is 60.6 Å². The lowest BCUT2D eigenvalue weighted by Gasteiger charge is -2.36. The van der Waals surface area contributed by atoms with E-state index in [0.717, 1.165) is 11.7 Å². The number of benzene rings is 1. The molecule has 0 saturated heterocycles. The zero-order chi connectivity index (χ0) is 16.8. The van der Waals surface area contributed by atoms with Gasteiger partial charge in [-0.25, -0.2) is 0 Å². The van der Waals surface area contributed by atoms with Crippen LogP contribution in [-0.2, 0) is 4.74 Å². The monoisotopic (exact) mass is 318 g/mol. The lowest BCUT2D eigenvalue weighted by Crippen LogP contribution is -2.35. The molecule has 0 aliphatic heterocycles. The Labute approximate surface area is 142 Å². The highest BCUT2D eigenvalue weighted by Crippen LogP contribution is 2.35. The Morgan fingerprint density at radius 3 is 2.39 bits per heavy atom. The Balaban J connectivity index is 1.83. The van der Waals surface area contributed by atoms with Crippen LogP contribution >= 0.6 is 0 Å². The summed E-state index contributed by atoms with van der Waals surface area (Å²) in [6.07, 6.45) is 5.30. The lowest BCUT2D eigenvalue weighted by atomic mass is 9.75. The van der Waals surface area contributed by atoms with Crippen LogP contribution in [0.4, 0.5) is 0 Å². The van der Waals surface area contributed by atoms with Crippen molar-refractivity contribution in [2.24, 2.45) is 17.8 Å². The Bertz CT molecular complexity index is 451. The van der Waals surface area contributed by atoms with Gasteiger partial charge in [-0.1, -0.05) is 53.2 Å². The SMILES string of the molecule is CCC(C)c1ccc(OCOC2CC(C)CCC2C(C)C)cc1. The van der Waals surface area contributed by atoms with Crippen molar-refractivity contribution < 1.29 is 9.47 Å². The van der Waals surface area contributed by atoms with E-state index in [9.17, 15) is 0 Å². The summed E-state index contributed by atoms with van der Waals surface area (Å²) in [5.74, 6) is 3.63. The van der Waals surface area contributed by atoms with E-state index < -0.39 is 0 Å². The molecule has 0 bridgehead atoms. The van der Waals surface area contributed by atoms with Gasteiger partial charge < -0.3 is 9.47 Å². The molecule has 1 saturated carbocycles. The minimum atomic E-state index is 0.345. The summed E-state index contributed by atoms with van der Waals surface area (Å²) in [6.45, 7) is 11.8. The molecule has 0 N–H and O–H groups in total. The van der Waals surface area contributed by atoms with Crippen LogP contribution in [0.25, 0.3) is 0 Å². The van der Waals surface area contributed by atoms with Crippen molar-refractivity contribution in [3.05, 3.63) is 29.8 Å². The fraction of sp³-hybridized carbons (Fsp3) is 0.714. The number of hydrogen-bond donors (Lipinski definition) is 0. The topological polar surface area (TPSA) is 18.5 Å². The number of rotatable bonds is 7. The molecule has 1 fully saturated rings. The first kappa shape index (κ1) is 18.3. The van der Waals surface area contributed by atoms with Gasteiger partial charge in [0.25, 0.3) is 0 Å². The van der Waals surface area contributed by atoms with Gasteiger partial charge in [-0.15, -0.1) is 0 Å². The van der Waals surface area contributed by atoms with Crippen molar-refractivity contribution in [3.8, 4) is 5.75 Å². The average Bonchev–Trinajstić information content (AvgIpc) is 2.54. The van der Waals surface area contributed by atoms with Gasteiger partial charge in [0.15, 0.2) is 6.79 Å². The summed E-state index contributed by atoms with van der Waals surface area (Å²) in [6, 6.07) is 8.47. The standard InChI is InChI=1S/C21H34O2/c1-6-17(5)18-8-10-19(11-9-18)22-14-23-21-13-16(4)7-12-20(21)15(2)3/h8-11,15-17,20-21H,6-7,12-14H2,1-5H3. The molecule has 0 aromatic heterocycles. The van der Waals surface area contributed by atoms with Gasteiger partial charge in [0, 0.05) is 0 Å². The second kappa shape index (κ2) is 8.73. The molecular weight excluding hydrogens is 284 g/mol. The number of ether oxygens (including phenoxy) is 2. The van der Waals surface area contributed by atoms with Gasteiger partial charge in [-0.3, -0.25) is 0 Å². The Kier molecular flexibility index (Phi) is 6.95. The first-order valence-electron chi connectivity index (χ1n) is 9.35. The summed E-state index contributed by atoms with van der Waals surface area (Å²) < 4.78 is 11.9. The van der Waals surface area contributed by atoms with E-state index in [1.807, 2.05) is 0 Å². The van der Waals surface area contributed by atoms with Gasteiger partial charge in [0.05, 0.1) is 6.10 Å². The van der Waals surface area contributed by atoms with Gasteiger partial charge in [0.1, 0.15) is 5.75 Å². The molecule has 2 heteroatoms. The molecule has 0 spiro atoms. The summed E-state index contributed by atoms with van der Waals surface area (Å²) in [5, 5.41) is 0. The van der Waals surface area contributed by atoms with Crippen LogP contribution in [0.5, 0.6) is 5.75 Å². The molecule has 4 unspecified atom stereocenters. The molecule has 4 atom stereocenters. The molecule has 0 radical (unpaired) electrons. The molecule has 1 aliphatic carbocycles. The van der Waals surface area contributed by atoms with Gasteiger partial charge in [0.2, 0.25) is 0 Å². The third kappa shape index (κ3) is 5.24. The highest BCUT2D eigenvalue weighted by Gasteiger charge is 2.31. The number of hydrogen-bond acceptors (Lipinski definition) is 2. The molecule has 2 nitrogen and oxygen atoms in total. The maximum absolute atomic E-state index is 6.11. The van der Waals surface area contributed by atoms with Gasteiger partial charge in [-0.2, -0.15) is 0 Å². The van der Waals surface area contributed by atoms with Gasteiger partial charge >= 0.3 is 0 Å². The van der Waals surface area contributed by atoms with E-state index in [-0.39, 0.29) is 0 Å². The van der Waals surface area contributed by atoms with Crippen LogP contribution in [0.2, 0.25) is 0 Å². The van der Waals surface area contributed by atoms with E-state index >= 15 is 0 Å². The van der Waals surface area contributed by atoms with E-state index in [0.29, 0.717) is 30.7 Å². The van der Waals surface area contributed by atoms with Crippen molar-refractivity contribution >= 4 is 0 Å². The smallest absolute Gasteiger partial charge is 0.189 e. The molecule has 1 aromatic rings. The summed E-state index contributed by atoms with van der Waals surface area (Å²) in [4.78, 5) is 0. The first-order chi connectivity index (χ1) is 11.0. The highest BCUT2D eigenvalue weighted by molar-refractivity contribution is 5.29. The zero-order valence-corrected chi connectivity index (χ0v) is 15.5. The van der Waals surface area contributed by atoms with Crippen molar-refractivity contribution in [3.63, 3.8) is 0 Å². The Hall–Kier alpha value is -1.02. The normalized spacial score (nSPS) is 26.3.